The minimum Gasteiger partial charge on any atom is -0.328 e. The number of nitrogens with zero attached hydrogens (tertiary/aromatic N) is 3. The molecule has 0 radical (unpaired) electrons. The van der Waals surface area contributed by atoms with Crippen LogP contribution in [-0.4, -0.2) is 32.5 Å². The molecular weight excluding hydrogens is 416 g/mol. The van der Waals surface area contributed by atoms with E-state index in [4.69, 9.17) is 44.2 Å². The zero-order valence-corrected chi connectivity index (χ0v) is 18.1. The highest BCUT2D eigenvalue weighted by molar-refractivity contribution is 8.67. The van der Waals surface area contributed by atoms with Gasteiger partial charge in [-0.1, -0.05) is 58.4 Å². The van der Waals surface area contributed by atoms with Gasteiger partial charge in [-0.2, -0.15) is 0 Å². The van der Waals surface area contributed by atoms with E-state index in [1.54, 1.807) is 4.57 Å². The molecule has 0 N–H and O–H groups in total. The van der Waals surface area contributed by atoms with Crippen molar-refractivity contribution in [1.29, 1.82) is 0 Å². The third-order valence-electron chi connectivity index (χ3n) is 2.82. The Labute approximate surface area is 159 Å². The molecule has 0 saturated carbocycles. The molecule has 130 valence electrons. The Bertz CT molecular complexity index is 666. The predicted octanol–water partition coefficient (Wildman–Crippen LogP) is 5.66. The number of hydrogen-bond donors (Lipinski definition) is 0. The highest BCUT2D eigenvalue weighted by Crippen LogP contribution is 2.61. The molecule has 0 amide bonds. The van der Waals surface area contributed by atoms with Gasteiger partial charge in [0.25, 0.3) is 0 Å². The minimum absolute atomic E-state index is 0.252. The maximum atomic E-state index is 6.24. The molecule has 11 heteroatoms. The molecule has 0 spiro atoms. The van der Waals surface area contributed by atoms with Crippen LogP contribution < -0.4 is 0 Å². The van der Waals surface area contributed by atoms with Crippen molar-refractivity contribution in [2.45, 2.75) is 44.0 Å². The molecule has 1 aromatic rings. The quantitative estimate of drug-likeness (QED) is 0.408. The number of fused-ring (bicyclic) bond motifs is 1. The molecule has 2 heterocycles. The summed E-state index contributed by atoms with van der Waals surface area (Å²) in [4.78, 5) is 4.24. The molecule has 1 aliphatic rings. The van der Waals surface area contributed by atoms with Crippen molar-refractivity contribution in [3.05, 3.63) is 10.3 Å². The fourth-order valence-corrected chi connectivity index (χ4v) is 7.54. The number of hydrogen-bond acceptors (Lipinski definition) is 7. The van der Waals surface area contributed by atoms with Crippen molar-refractivity contribution < 1.29 is 9.15 Å². The first-order valence-corrected chi connectivity index (χ1v) is 12.8. The first-order valence-electron chi connectivity index (χ1n) is 7.03. The molecule has 0 aliphatic carbocycles. The summed E-state index contributed by atoms with van der Waals surface area (Å²) in [7, 11) is 0. The van der Waals surface area contributed by atoms with Gasteiger partial charge in [-0.25, -0.2) is 4.98 Å². The summed E-state index contributed by atoms with van der Waals surface area (Å²) >= 11 is 20.8. The Hall–Kier alpha value is 0.570. The predicted molar refractivity (Wildman–Crippen MR) is 105 cm³/mol. The summed E-state index contributed by atoms with van der Waals surface area (Å²) in [6.07, 6.45) is 0.991. The minimum atomic E-state index is -2.52. The molecule has 2 rings (SSSR count). The van der Waals surface area contributed by atoms with Crippen molar-refractivity contribution in [3.63, 3.8) is 0 Å². The summed E-state index contributed by atoms with van der Waals surface area (Å²) in [5.41, 5.74) is -2.52. The van der Waals surface area contributed by atoms with E-state index in [2.05, 4.69) is 17.1 Å². The van der Waals surface area contributed by atoms with Crippen LogP contribution in [0.15, 0.2) is 10.3 Å². The summed E-state index contributed by atoms with van der Waals surface area (Å²) in [5.74, 6) is 1.48. The zero-order chi connectivity index (χ0) is 17.3. The SMILES string of the molecule is CCCSP(=S)(OCC)ON=C1n2c(nc(Cl)c2Cl)SC1(C)C. The van der Waals surface area contributed by atoms with E-state index >= 15 is 0 Å². The van der Waals surface area contributed by atoms with Gasteiger partial charge in [-0.05, 0) is 39.0 Å². The topological polar surface area (TPSA) is 48.6 Å². The zero-order valence-electron chi connectivity index (χ0n) is 13.2. The van der Waals surface area contributed by atoms with Crippen molar-refractivity contribution in [1.82, 2.24) is 9.55 Å². The van der Waals surface area contributed by atoms with Crippen molar-refractivity contribution >= 4 is 69.7 Å². The van der Waals surface area contributed by atoms with E-state index in [0.29, 0.717) is 22.8 Å². The molecule has 0 saturated heterocycles. The van der Waals surface area contributed by atoms with Gasteiger partial charge in [0.15, 0.2) is 21.3 Å². The maximum absolute atomic E-state index is 6.24. The largest absolute Gasteiger partial charge is 0.328 e. The Balaban J connectivity index is 2.32. The van der Waals surface area contributed by atoms with Gasteiger partial charge >= 0.3 is 5.69 Å². The number of aromatic nitrogens is 2. The Morgan fingerprint density at radius 3 is 2.74 bits per heavy atom. The smallest absolute Gasteiger partial charge is 0.322 e. The van der Waals surface area contributed by atoms with Crippen LogP contribution in [0.1, 0.15) is 34.1 Å². The molecule has 1 aromatic heterocycles. The van der Waals surface area contributed by atoms with E-state index in [0.717, 1.165) is 12.2 Å². The summed E-state index contributed by atoms with van der Waals surface area (Å²) in [6, 6.07) is 0. The highest BCUT2D eigenvalue weighted by atomic mass is 35.5. The molecule has 0 aromatic carbocycles. The fourth-order valence-electron chi connectivity index (χ4n) is 1.84. The number of oxime groups is 1. The normalized spacial score (nSPS) is 20.5. The molecule has 0 bridgehead atoms. The number of imidazole rings is 1. The van der Waals surface area contributed by atoms with Gasteiger partial charge in [-0.15, -0.1) is 0 Å². The lowest BCUT2D eigenvalue weighted by atomic mass is 10.2. The van der Waals surface area contributed by atoms with Crippen LogP contribution in [0.4, 0.5) is 0 Å². The Kier molecular flexibility index (Phi) is 6.79. The summed E-state index contributed by atoms with van der Waals surface area (Å²) in [5, 5.41) is 5.58. The van der Waals surface area contributed by atoms with E-state index in [1.165, 1.54) is 23.1 Å². The van der Waals surface area contributed by atoms with E-state index < -0.39 is 5.69 Å². The lowest BCUT2D eigenvalue weighted by Gasteiger charge is -2.21. The van der Waals surface area contributed by atoms with Crippen LogP contribution in [0, 0.1) is 0 Å². The number of thioether (sulfide) groups is 1. The van der Waals surface area contributed by atoms with Gasteiger partial charge in [0, 0.05) is 5.75 Å². The van der Waals surface area contributed by atoms with E-state index in [1.807, 2.05) is 20.8 Å². The molecule has 0 fully saturated rings. The lowest BCUT2D eigenvalue weighted by Crippen LogP contribution is -2.28. The van der Waals surface area contributed by atoms with Crippen LogP contribution in [0.3, 0.4) is 0 Å². The average molecular weight is 434 g/mol. The van der Waals surface area contributed by atoms with Crippen LogP contribution in [-0.2, 0) is 21.0 Å². The van der Waals surface area contributed by atoms with Crippen molar-refractivity contribution in [3.8, 4) is 0 Å². The fraction of sp³-hybridized carbons (Fsp3) is 0.667. The highest BCUT2D eigenvalue weighted by Gasteiger charge is 2.41. The van der Waals surface area contributed by atoms with Crippen LogP contribution >= 0.6 is 52.0 Å². The average Bonchev–Trinajstić information content (AvgIpc) is 2.87. The first kappa shape index (κ1) is 19.9. The second-order valence-electron chi connectivity index (χ2n) is 5.12. The van der Waals surface area contributed by atoms with Crippen molar-refractivity contribution in [2.24, 2.45) is 5.16 Å². The van der Waals surface area contributed by atoms with Crippen LogP contribution in [0.2, 0.25) is 10.3 Å². The monoisotopic (exact) mass is 433 g/mol. The maximum Gasteiger partial charge on any atom is 0.322 e. The third kappa shape index (κ3) is 4.40. The molecule has 1 unspecified atom stereocenters. The number of halogens is 2. The van der Waals surface area contributed by atoms with Gasteiger partial charge < -0.3 is 9.15 Å². The van der Waals surface area contributed by atoms with Crippen molar-refractivity contribution in [2.75, 3.05) is 12.4 Å². The lowest BCUT2D eigenvalue weighted by molar-refractivity contribution is 0.278. The van der Waals surface area contributed by atoms with Crippen LogP contribution in [0.25, 0.3) is 0 Å². The van der Waals surface area contributed by atoms with Gasteiger partial charge in [0.1, 0.15) is 0 Å². The summed E-state index contributed by atoms with van der Waals surface area (Å²) in [6.45, 7) is 8.50. The molecular formula is C12H18Cl2N3O2PS3. The molecule has 23 heavy (non-hydrogen) atoms. The number of rotatable bonds is 7. The molecule has 1 atom stereocenters. The van der Waals surface area contributed by atoms with Gasteiger partial charge in [-0.3, -0.25) is 4.57 Å². The second kappa shape index (κ2) is 7.85. The Morgan fingerprint density at radius 1 is 1.43 bits per heavy atom. The third-order valence-corrected chi connectivity index (χ3v) is 9.91. The Morgan fingerprint density at radius 2 is 2.13 bits per heavy atom. The van der Waals surface area contributed by atoms with E-state index in [-0.39, 0.29) is 9.90 Å². The molecule has 5 nitrogen and oxygen atoms in total. The van der Waals surface area contributed by atoms with Gasteiger partial charge in [0.2, 0.25) is 0 Å². The molecule has 1 aliphatic heterocycles. The summed E-state index contributed by atoms with van der Waals surface area (Å²) < 4.78 is 12.7. The van der Waals surface area contributed by atoms with Crippen LogP contribution in [0.5, 0.6) is 0 Å². The van der Waals surface area contributed by atoms with Gasteiger partial charge in [0.05, 0.1) is 11.4 Å². The van der Waals surface area contributed by atoms with E-state index in [9.17, 15) is 0 Å². The standard InChI is InChI=1S/C12H18Cl2N3O2PS3/c1-5-7-22-20(21,18-6-2)19-16-10-12(3,4)23-11-15-8(13)9(14)17(10)11/h5-7H2,1-4H3. The first-order chi connectivity index (χ1) is 10.7. The second-order valence-corrected chi connectivity index (χ2v) is 13.8.